The molecular weight excluding hydrogens is 416 g/mol. The Kier molecular flexibility index (Phi) is 6.58. The lowest BCUT2D eigenvalue weighted by Crippen LogP contribution is -2.52. The van der Waals surface area contributed by atoms with E-state index < -0.39 is 0 Å². The lowest BCUT2D eigenvalue weighted by Gasteiger charge is -2.34. The van der Waals surface area contributed by atoms with Gasteiger partial charge in [-0.2, -0.15) is 0 Å². The average Bonchev–Trinajstić information content (AvgIpc) is 2.80. The highest BCUT2D eigenvalue weighted by molar-refractivity contribution is 5.94. The number of piperazine rings is 1. The Bertz CT molecular complexity index is 1230. The average molecular weight is 445 g/mol. The van der Waals surface area contributed by atoms with Crippen LogP contribution in [0.2, 0.25) is 0 Å². The lowest BCUT2D eigenvalue weighted by atomic mass is 10.1. The second kappa shape index (κ2) is 9.73. The number of hydrogen-bond donors (Lipinski definition) is 1. The minimum atomic E-state index is -0.302. The van der Waals surface area contributed by atoms with Crippen molar-refractivity contribution < 1.29 is 9.59 Å². The molecule has 0 spiro atoms. The molecule has 0 bridgehead atoms. The van der Waals surface area contributed by atoms with Crippen LogP contribution in [0.5, 0.6) is 0 Å². The maximum Gasteiger partial charge on any atom is 0.321 e. The summed E-state index contributed by atoms with van der Waals surface area (Å²) in [7, 11) is 0. The number of nitrogens with zero attached hydrogens (tertiary/aromatic N) is 3. The van der Waals surface area contributed by atoms with Crippen molar-refractivity contribution in [2.75, 3.05) is 31.5 Å². The summed E-state index contributed by atoms with van der Waals surface area (Å²) in [6, 6.07) is 18.7. The van der Waals surface area contributed by atoms with Gasteiger partial charge in [0, 0.05) is 38.1 Å². The van der Waals surface area contributed by atoms with Crippen LogP contribution in [0, 0.1) is 13.8 Å². The van der Waals surface area contributed by atoms with E-state index in [1.807, 2.05) is 62.4 Å². The summed E-state index contributed by atoms with van der Waals surface area (Å²) in [6.07, 6.45) is 1.70. The molecule has 3 aromatic rings. The summed E-state index contributed by atoms with van der Waals surface area (Å²) in [6.45, 7) is 5.97. The van der Waals surface area contributed by atoms with E-state index in [0.717, 1.165) is 22.4 Å². The fourth-order valence-corrected chi connectivity index (χ4v) is 4.04. The molecule has 4 rings (SSSR count). The fourth-order valence-electron chi connectivity index (χ4n) is 4.04. The zero-order valence-corrected chi connectivity index (χ0v) is 19.0. The van der Waals surface area contributed by atoms with Crippen LogP contribution in [-0.2, 0) is 6.54 Å². The minimum Gasteiger partial charge on any atom is -0.335 e. The maximum absolute atomic E-state index is 13.1. The molecule has 1 saturated heterocycles. The summed E-state index contributed by atoms with van der Waals surface area (Å²) < 4.78 is 1.56. The van der Waals surface area contributed by atoms with Gasteiger partial charge in [-0.1, -0.05) is 42.0 Å². The van der Waals surface area contributed by atoms with Crippen LogP contribution in [0.1, 0.15) is 27.0 Å². The van der Waals surface area contributed by atoms with Gasteiger partial charge in [-0.05, 0) is 49.2 Å². The van der Waals surface area contributed by atoms with Crippen LogP contribution in [0.25, 0.3) is 0 Å². The van der Waals surface area contributed by atoms with Crippen molar-refractivity contribution in [3.63, 3.8) is 0 Å². The third kappa shape index (κ3) is 5.31. The van der Waals surface area contributed by atoms with Crippen LogP contribution in [0.3, 0.4) is 0 Å². The quantitative estimate of drug-likeness (QED) is 0.669. The van der Waals surface area contributed by atoms with E-state index in [1.165, 1.54) is 0 Å². The van der Waals surface area contributed by atoms with E-state index in [-0.39, 0.29) is 23.1 Å². The van der Waals surface area contributed by atoms with Gasteiger partial charge in [0.05, 0.1) is 6.54 Å². The van der Waals surface area contributed by atoms with Gasteiger partial charge < -0.3 is 19.7 Å². The summed E-state index contributed by atoms with van der Waals surface area (Å²) in [4.78, 5) is 42.0. The number of aromatic nitrogens is 1. The number of carbonyl (C=O) groups excluding carboxylic acids is 2. The Morgan fingerprint density at radius 3 is 2.21 bits per heavy atom. The number of urea groups is 1. The number of carbonyl (C=O) groups is 2. The first-order valence-corrected chi connectivity index (χ1v) is 11.1. The molecule has 0 radical (unpaired) electrons. The number of rotatable bonds is 4. The van der Waals surface area contributed by atoms with Crippen LogP contribution in [0.4, 0.5) is 10.5 Å². The van der Waals surface area contributed by atoms with Crippen molar-refractivity contribution in [2.45, 2.75) is 20.4 Å². The molecule has 0 saturated carbocycles. The predicted molar refractivity (Wildman–Crippen MR) is 129 cm³/mol. The first-order valence-electron chi connectivity index (χ1n) is 11.1. The number of amides is 3. The molecule has 0 atom stereocenters. The van der Waals surface area contributed by atoms with Gasteiger partial charge in [-0.25, -0.2) is 4.79 Å². The molecule has 1 fully saturated rings. The lowest BCUT2D eigenvalue weighted by molar-refractivity contribution is 0.0669. The summed E-state index contributed by atoms with van der Waals surface area (Å²) >= 11 is 0. The predicted octanol–water partition coefficient (Wildman–Crippen LogP) is 3.50. The summed E-state index contributed by atoms with van der Waals surface area (Å²) in [5.74, 6) is -0.294. The van der Waals surface area contributed by atoms with E-state index in [0.29, 0.717) is 32.7 Å². The summed E-state index contributed by atoms with van der Waals surface area (Å²) in [5.41, 5.74) is 3.80. The van der Waals surface area contributed by atoms with Gasteiger partial charge in [-0.3, -0.25) is 9.59 Å². The number of hydrogen-bond acceptors (Lipinski definition) is 3. The molecule has 0 aliphatic carbocycles. The molecule has 7 nitrogen and oxygen atoms in total. The zero-order valence-electron chi connectivity index (χ0n) is 19.0. The van der Waals surface area contributed by atoms with Gasteiger partial charge >= 0.3 is 6.03 Å². The monoisotopic (exact) mass is 444 g/mol. The number of aryl methyl sites for hydroxylation is 2. The van der Waals surface area contributed by atoms with Crippen LogP contribution in [0.15, 0.2) is 71.7 Å². The molecule has 33 heavy (non-hydrogen) atoms. The third-order valence-electron chi connectivity index (χ3n) is 5.81. The van der Waals surface area contributed by atoms with Crippen molar-refractivity contribution in [3.05, 3.63) is 99.5 Å². The number of pyridine rings is 1. The topological polar surface area (TPSA) is 74.7 Å². The minimum absolute atomic E-state index is 0.155. The molecule has 170 valence electrons. The fraction of sp³-hybridized carbons (Fsp3) is 0.269. The standard InChI is InChI=1S/C26H28N4O3/c1-19-6-3-8-21(16-19)18-30-11-5-10-23(25(30)32)24(31)28-12-14-29(15-13-28)26(33)27-22-9-4-7-20(2)17-22/h3-11,16-17H,12-15,18H2,1-2H3,(H,27,33). The second-order valence-corrected chi connectivity index (χ2v) is 8.42. The molecule has 1 aromatic heterocycles. The van der Waals surface area contributed by atoms with Crippen molar-refractivity contribution in [1.29, 1.82) is 0 Å². The van der Waals surface area contributed by atoms with E-state index in [4.69, 9.17) is 0 Å². The van der Waals surface area contributed by atoms with Crippen molar-refractivity contribution in [1.82, 2.24) is 14.4 Å². The number of anilines is 1. The van der Waals surface area contributed by atoms with Crippen molar-refractivity contribution >= 4 is 17.6 Å². The highest BCUT2D eigenvalue weighted by atomic mass is 16.2. The Labute approximate surface area is 193 Å². The van der Waals surface area contributed by atoms with E-state index in [1.54, 1.807) is 32.7 Å². The molecule has 2 heterocycles. The maximum atomic E-state index is 13.1. The van der Waals surface area contributed by atoms with E-state index in [9.17, 15) is 14.4 Å². The Hall–Kier alpha value is -3.87. The Morgan fingerprint density at radius 1 is 0.848 bits per heavy atom. The Morgan fingerprint density at radius 2 is 1.52 bits per heavy atom. The second-order valence-electron chi connectivity index (χ2n) is 8.42. The molecule has 1 N–H and O–H groups in total. The summed E-state index contributed by atoms with van der Waals surface area (Å²) in [5, 5.41) is 2.90. The largest absolute Gasteiger partial charge is 0.335 e. The SMILES string of the molecule is Cc1cccc(Cn2cccc(C(=O)N3CCN(C(=O)Nc4cccc(C)c4)CC3)c2=O)c1. The molecule has 0 unspecified atom stereocenters. The van der Waals surface area contributed by atoms with Crippen LogP contribution >= 0.6 is 0 Å². The molecule has 3 amide bonds. The number of benzene rings is 2. The first kappa shape index (κ1) is 22.3. The molecular formula is C26H28N4O3. The molecule has 2 aromatic carbocycles. The highest BCUT2D eigenvalue weighted by Crippen LogP contribution is 2.13. The van der Waals surface area contributed by atoms with E-state index >= 15 is 0 Å². The zero-order chi connectivity index (χ0) is 23.4. The first-order chi connectivity index (χ1) is 15.9. The molecule has 1 aliphatic heterocycles. The van der Waals surface area contributed by atoms with Gasteiger partial charge in [0.2, 0.25) is 0 Å². The molecule has 1 aliphatic rings. The Balaban J connectivity index is 1.39. The van der Waals surface area contributed by atoms with E-state index in [2.05, 4.69) is 5.32 Å². The van der Waals surface area contributed by atoms with Crippen molar-refractivity contribution in [3.8, 4) is 0 Å². The molecule has 7 heteroatoms. The van der Waals surface area contributed by atoms with Crippen LogP contribution in [-0.4, -0.2) is 52.5 Å². The number of nitrogens with one attached hydrogen (secondary N) is 1. The normalized spacial score (nSPS) is 13.6. The van der Waals surface area contributed by atoms with Gasteiger partial charge in [0.1, 0.15) is 5.56 Å². The van der Waals surface area contributed by atoms with Gasteiger partial charge in [-0.15, -0.1) is 0 Å². The van der Waals surface area contributed by atoms with Gasteiger partial charge in [0.15, 0.2) is 0 Å². The highest BCUT2D eigenvalue weighted by Gasteiger charge is 2.26. The third-order valence-corrected chi connectivity index (χ3v) is 5.81. The van der Waals surface area contributed by atoms with Gasteiger partial charge in [0.25, 0.3) is 11.5 Å². The smallest absolute Gasteiger partial charge is 0.321 e. The van der Waals surface area contributed by atoms with Crippen molar-refractivity contribution in [2.24, 2.45) is 0 Å². The van der Waals surface area contributed by atoms with Crippen LogP contribution < -0.4 is 10.9 Å².